The first kappa shape index (κ1) is 18.7. The summed E-state index contributed by atoms with van der Waals surface area (Å²) in [5, 5.41) is 8.77. The van der Waals surface area contributed by atoms with E-state index in [1.54, 1.807) is 0 Å². The number of aliphatic hydroxyl groups excluding tert-OH is 1. The van der Waals surface area contributed by atoms with Gasteiger partial charge in [-0.3, -0.25) is 4.79 Å². The fourth-order valence-corrected chi connectivity index (χ4v) is 2.23. The maximum absolute atomic E-state index is 11.9. The number of aliphatic hydroxyl groups is 1. The summed E-state index contributed by atoms with van der Waals surface area (Å²) in [6.07, 6.45) is 1.62. The average Bonchev–Trinajstić information content (AvgIpc) is 2.36. The summed E-state index contributed by atoms with van der Waals surface area (Å²) in [5.41, 5.74) is 2.25. The summed E-state index contributed by atoms with van der Waals surface area (Å²) in [7, 11) is 0. The number of unbranched alkanes of at least 4 members (excludes halogenated alkanes) is 1. The zero-order valence-corrected chi connectivity index (χ0v) is 14.8. The van der Waals surface area contributed by atoms with Crippen LogP contribution in [0.15, 0.2) is 18.2 Å². The smallest absolute Gasteiger partial charge is 0.311 e. The van der Waals surface area contributed by atoms with Crippen LogP contribution in [-0.4, -0.2) is 17.7 Å². The molecule has 1 aromatic carbocycles. The number of benzene rings is 1. The second-order valence-electron chi connectivity index (χ2n) is 7.87. The molecule has 1 rings (SSSR count). The lowest BCUT2D eigenvalue weighted by molar-refractivity contribution is -0.134. The van der Waals surface area contributed by atoms with E-state index < -0.39 is 0 Å². The lowest BCUT2D eigenvalue weighted by atomic mass is 9.80. The Bertz CT molecular complexity index is 504. The van der Waals surface area contributed by atoms with E-state index in [0.29, 0.717) is 25.0 Å². The molecule has 0 spiro atoms. The van der Waals surface area contributed by atoms with E-state index in [-0.39, 0.29) is 23.4 Å². The van der Waals surface area contributed by atoms with Crippen molar-refractivity contribution in [3.8, 4) is 5.75 Å². The molecule has 0 aromatic heterocycles. The molecule has 1 N–H and O–H groups in total. The molecule has 0 aliphatic rings. The van der Waals surface area contributed by atoms with Gasteiger partial charge in [0.05, 0.1) is 0 Å². The molecule has 0 aliphatic carbocycles. The van der Waals surface area contributed by atoms with Crippen LogP contribution in [0.2, 0.25) is 0 Å². The summed E-state index contributed by atoms with van der Waals surface area (Å²) in [6, 6.07) is 6.09. The number of carbonyl (C=O) groups excluding carboxylic acids is 1. The first-order valence-corrected chi connectivity index (χ1v) is 8.02. The lowest BCUT2D eigenvalue weighted by Crippen LogP contribution is -2.19. The van der Waals surface area contributed by atoms with E-state index >= 15 is 0 Å². The van der Waals surface area contributed by atoms with Crippen molar-refractivity contribution in [3.63, 3.8) is 0 Å². The lowest BCUT2D eigenvalue weighted by Gasteiger charge is -2.26. The van der Waals surface area contributed by atoms with E-state index in [1.165, 1.54) is 5.56 Å². The van der Waals surface area contributed by atoms with Crippen molar-refractivity contribution in [2.24, 2.45) is 0 Å². The van der Waals surface area contributed by atoms with Gasteiger partial charge in [-0.1, -0.05) is 53.7 Å². The predicted octanol–water partition coefficient (Wildman–Crippen LogP) is 4.35. The van der Waals surface area contributed by atoms with Crippen molar-refractivity contribution in [2.75, 3.05) is 6.61 Å². The van der Waals surface area contributed by atoms with Gasteiger partial charge in [-0.15, -0.1) is 0 Å². The molecule has 0 heterocycles. The van der Waals surface area contributed by atoms with Crippen LogP contribution in [0.5, 0.6) is 5.75 Å². The van der Waals surface area contributed by atoms with E-state index in [9.17, 15) is 4.79 Å². The summed E-state index contributed by atoms with van der Waals surface area (Å²) in [4.78, 5) is 11.9. The Hall–Kier alpha value is -1.35. The Morgan fingerprint density at radius 1 is 1.05 bits per heavy atom. The van der Waals surface area contributed by atoms with E-state index in [0.717, 1.165) is 5.56 Å². The van der Waals surface area contributed by atoms with Crippen molar-refractivity contribution >= 4 is 5.97 Å². The number of hydrogen-bond donors (Lipinski definition) is 1. The number of rotatable bonds is 5. The molecule has 0 fully saturated rings. The molecular formula is C19H30O3. The van der Waals surface area contributed by atoms with Crippen LogP contribution in [-0.2, 0) is 15.6 Å². The molecule has 0 amide bonds. The van der Waals surface area contributed by atoms with Crippen LogP contribution in [0.1, 0.15) is 71.9 Å². The van der Waals surface area contributed by atoms with Gasteiger partial charge in [0.1, 0.15) is 5.75 Å². The third kappa shape index (κ3) is 5.45. The van der Waals surface area contributed by atoms with Crippen LogP contribution >= 0.6 is 0 Å². The normalized spacial score (nSPS) is 12.3. The molecule has 0 atom stereocenters. The molecule has 0 bridgehead atoms. The highest BCUT2D eigenvalue weighted by molar-refractivity contribution is 5.73. The van der Waals surface area contributed by atoms with Crippen LogP contribution in [0, 0.1) is 0 Å². The van der Waals surface area contributed by atoms with Gasteiger partial charge in [0.15, 0.2) is 0 Å². The van der Waals surface area contributed by atoms with Gasteiger partial charge in [-0.2, -0.15) is 0 Å². The highest BCUT2D eigenvalue weighted by Gasteiger charge is 2.24. The van der Waals surface area contributed by atoms with Gasteiger partial charge in [-0.25, -0.2) is 0 Å². The number of esters is 1. The van der Waals surface area contributed by atoms with E-state index in [2.05, 4.69) is 47.6 Å². The maximum atomic E-state index is 11.9. The summed E-state index contributed by atoms with van der Waals surface area (Å²) < 4.78 is 5.57. The fraction of sp³-hybridized carbons (Fsp3) is 0.632. The quantitative estimate of drug-likeness (QED) is 0.500. The van der Waals surface area contributed by atoms with Gasteiger partial charge in [0.2, 0.25) is 0 Å². The molecule has 0 unspecified atom stereocenters. The highest BCUT2D eigenvalue weighted by atomic mass is 16.5. The summed E-state index contributed by atoms with van der Waals surface area (Å²) in [5.74, 6) is 0.414. The maximum Gasteiger partial charge on any atom is 0.311 e. The van der Waals surface area contributed by atoms with Gasteiger partial charge >= 0.3 is 5.97 Å². The first-order valence-electron chi connectivity index (χ1n) is 8.02. The van der Waals surface area contributed by atoms with Gasteiger partial charge < -0.3 is 9.84 Å². The topological polar surface area (TPSA) is 46.5 Å². The van der Waals surface area contributed by atoms with Crippen molar-refractivity contribution in [1.82, 2.24) is 0 Å². The third-order valence-electron chi connectivity index (χ3n) is 3.67. The molecular weight excluding hydrogens is 276 g/mol. The fourth-order valence-electron chi connectivity index (χ4n) is 2.23. The van der Waals surface area contributed by atoms with Gasteiger partial charge in [-0.05, 0) is 35.3 Å². The third-order valence-corrected chi connectivity index (χ3v) is 3.67. The molecule has 0 saturated carbocycles. The summed E-state index contributed by atoms with van der Waals surface area (Å²) >= 11 is 0. The van der Waals surface area contributed by atoms with Gasteiger partial charge in [0.25, 0.3) is 0 Å². The monoisotopic (exact) mass is 306 g/mol. The molecule has 3 nitrogen and oxygen atoms in total. The van der Waals surface area contributed by atoms with Crippen molar-refractivity contribution < 1.29 is 14.6 Å². The Labute approximate surface area is 134 Å². The second kappa shape index (κ2) is 7.28. The number of hydrogen-bond acceptors (Lipinski definition) is 3. The molecule has 22 heavy (non-hydrogen) atoms. The SMILES string of the molecule is CC(C)(C)c1ccc(OC(=O)CCCCO)c(C(C)(C)C)c1. The van der Waals surface area contributed by atoms with Crippen molar-refractivity contribution in [1.29, 1.82) is 0 Å². The molecule has 0 radical (unpaired) electrons. The van der Waals surface area contributed by atoms with Crippen LogP contribution < -0.4 is 4.74 Å². The summed E-state index contributed by atoms with van der Waals surface area (Å²) in [6.45, 7) is 13.0. The van der Waals surface area contributed by atoms with Crippen LogP contribution in [0.3, 0.4) is 0 Å². The largest absolute Gasteiger partial charge is 0.426 e. The molecule has 1 aromatic rings. The second-order valence-corrected chi connectivity index (χ2v) is 7.87. The van der Waals surface area contributed by atoms with Crippen molar-refractivity contribution in [2.45, 2.75) is 71.6 Å². The molecule has 124 valence electrons. The predicted molar refractivity (Wildman–Crippen MR) is 90.4 cm³/mol. The Morgan fingerprint density at radius 3 is 2.18 bits per heavy atom. The molecule has 3 heteroatoms. The minimum Gasteiger partial charge on any atom is -0.426 e. The number of carbonyl (C=O) groups is 1. The standard InChI is InChI=1S/C19H30O3/c1-18(2,3)14-10-11-16(15(13-14)19(4,5)6)22-17(21)9-7-8-12-20/h10-11,13,20H,7-9,12H2,1-6H3. The van der Waals surface area contributed by atoms with E-state index in [1.807, 2.05) is 12.1 Å². The van der Waals surface area contributed by atoms with Crippen LogP contribution in [0.25, 0.3) is 0 Å². The Morgan fingerprint density at radius 2 is 1.68 bits per heavy atom. The zero-order valence-electron chi connectivity index (χ0n) is 14.8. The van der Waals surface area contributed by atoms with Crippen LogP contribution in [0.4, 0.5) is 0 Å². The van der Waals surface area contributed by atoms with Gasteiger partial charge in [0, 0.05) is 18.6 Å². The Balaban J connectivity index is 3.02. The zero-order chi connectivity index (χ0) is 17.0. The number of ether oxygens (including phenoxy) is 1. The highest BCUT2D eigenvalue weighted by Crippen LogP contribution is 2.35. The average molecular weight is 306 g/mol. The minimum absolute atomic E-state index is 0.0592. The first-order chi connectivity index (χ1) is 10.1. The molecule has 0 saturated heterocycles. The van der Waals surface area contributed by atoms with Crippen molar-refractivity contribution in [3.05, 3.63) is 29.3 Å². The molecule has 0 aliphatic heterocycles. The van der Waals surface area contributed by atoms with E-state index in [4.69, 9.17) is 9.84 Å². The Kier molecular flexibility index (Phi) is 6.18. The minimum atomic E-state index is -0.234.